The molecule has 2 heterocycles. The molecule has 0 unspecified atom stereocenters. The number of amides is 1. The lowest BCUT2D eigenvalue weighted by Gasteiger charge is -2.10. The van der Waals surface area contributed by atoms with Gasteiger partial charge in [-0.2, -0.15) is 5.10 Å². The fourth-order valence-electron chi connectivity index (χ4n) is 4.25. The first kappa shape index (κ1) is 23.2. The molecule has 5 aromatic rings. The summed E-state index contributed by atoms with van der Waals surface area (Å²) in [5.74, 6) is 1.15. The number of benzene rings is 3. The van der Waals surface area contributed by atoms with Gasteiger partial charge in [-0.25, -0.2) is 4.98 Å². The molecule has 8 nitrogen and oxygen atoms in total. The molecule has 1 N–H and O–H groups in total. The minimum Gasteiger partial charge on any atom is -0.493 e. The first-order chi connectivity index (χ1) is 17.6. The molecule has 0 spiro atoms. The quantitative estimate of drug-likeness (QED) is 0.357. The molecule has 0 saturated heterocycles. The van der Waals surface area contributed by atoms with Gasteiger partial charge < -0.3 is 14.8 Å². The fraction of sp³-hybridized carbons (Fsp3) is 0.179. The molecule has 0 saturated carbocycles. The van der Waals surface area contributed by atoms with Gasteiger partial charge in [-0.15, -0.1) is 0 Å². The molecule has 0 bridgehead atoms. The van der Waals surface area contributed by atoms with Crippen LogP contribution in [0.2, 0.25) is 0 Å². The van der Waals surface area contributed by atoms with Crippen LogP contribution in [0.25, 0.3) is 16.7 Å². The summed E-state index contributed by atoms with van der Waals surface area (Å²) in [6, 6.07) is 21.8. The van der Waals surface area contributed by atoms with Crippen molar-refractivity contribution in [3.8, 4) is 17.2 Å². The van der Waals surface area contributed by atoms with Crippen molar-refractivity contribution in [2.24, 2.45) is 7.05 Å². The van der Waals surface area contributed by atoms with Crippen LogP contribution >= 0.6 is 0 Å². The van der Waals surface area contributed by atoms with Gasteiger partial charge in [0.1, 0.15) is 6.33 Å². The number of aryl methyl sites for hydroxylation is 1. The number of carbonyl (C=O) groups excluding carboxylic acids is 1. The highest BCUT2D eigenvalue weighted by atomic mass is 16.5. The summed E-state index contributed by atoms with van der Waals surface area (Å²) in [4.78, 5) is 17.5. The Morgan fingerprint density at radius 2 is 1.67 bits per heavy atom. The van der Waals surface area contributed by atoms with Gasteiger partial charge in [-0.3, -0.25) is 14.0 Å². The zero-order valence-electron chi connectivity index (χ0n) is 20.4. The standard InChI is InChI=1S/C28H27N5O3/c1-32-24(13-19-7-5-4-6-8-19)22(17-31-32)28(34)29-16-20-9-11-21(12-10-20)33-18-30-23-14-26(35-2)27(36-3)15-25(23)33/h4-12,14-15,17-18H,13,16H2,1-3H3,(H,29,34). The van der Waals surface area contributed by atoms with Crippen LogP contribution in [-0.4, -0.2) is 39.5 Å². The van der Waals surface area contributed by atoms with Crippen LogP contribution < -0.4 is 14.8 Å². The summed E-state index contributed by atoms with van der Waals surface area (Å²) in [5, 5.41) is 7.33. The highest BCUT2D eigenvalue weighted by Gasteiger charge is 2.16. The maximum Gasteiger partial charge on any atom is 0.255 e. The molecule has 0 fully saturated rings. The smallest absolute Gasteiger partial charge is 0.255 e. The number of methoxy groups -OCH3 is 2. The SMILES string of the molecule is COc1cc2ncn(-c3ccc(CNC(=O)c4cnn(C)c4Cc4ccccc4)cc3)c2cc1OC. The molecule has 36 heavy (non-hydrogen) atoms. The van der Waals surface area contributed by atoms with Crippen molar-refractivity contribution >= 4 is 16.9 Å². The lowest BCUT2D eigenvalue weighted by atomic mass is 10.1. The number of nitrogens with zero attached hydrogens (tertiary/aromatic N) is 4. The van der Waals surface area contributed by atoms with E-state index in [1.807, 2.05) is 78.3 Å². The number of hydrogen-bond acceptors (Lipinski definition) is 5. The summed E-state index contributed by atoms with van der Waals surface area (Å²) in [5.41, 5.74) is 6.28. The van der Waals surface area contributed by atoms with E-state index >= 15 is 0 Å². The van der Waals surface area contributed by atoms with Crippen molar-refractivity contribution in [3.05, 3.63) is 102 Å². The Morgan fingerprint density at radius 3 is 2.39 bits per heavy atom. The zero-order chi connectivity index (χ0) is 25.1. The van der Waals surface area contributed by atoms with E-state index < -0.39 is 0 Å². The Morgan fingerprint density at radius 1 is 0.944 bits per heavy atom. The number of aromatic nitrogens is 4. The van der Waals surface area contributed by atoms with Crippen LogP contribution in [0.4, 0.5) is 0 Å². The molecule has 0 aliphatic heterocycles. The Balaban J connectivity index is 1.29. The molecular weight excluding hydrogens is 454 g/mol. The second kappa shape index (κ2) is 9.95. The Bertz CT molecular complexity index is 1500. The Labute approximate surface area is 209 Å². The number of imidazole rings is 1. The van der Waals surface area contributed by atoms with Crippen molar-refractivity contribution in [3.63, 3.8) is 0 Å². The first-order valence-corrected chi connectivity index (χ1v) is 11.6. The topological polar surface area (TPSA) is 83.2 Å². The van der Waals surface area contributed by atoms with E-state index in [4.69, 9.17) is 9.47 Å². The fourth-order valence-corrected chi connectivity index (χ4v) is 4.25. The third-order valence-corrected chi connectivity index (χ3v) is 6.24. The summed E-state index contributed by atoms with van der Waals surface area (Å²) in [7, 11) is 5.08. The van der Waals surface area contributed by atoms with Crippen molar-refractivity contribution in [2.75, 3.05) is 14.2 Å². The van der Waals surface area contributed by atoms with Gasteiger partial charge >= 0.3 is 0 Å². The predicted octanol–water partition coefficient (Wildman–Crippen LogP) is 4.30. The van der Waals surface area contributed by atoms with Crippen LogP contribution in [0.15, 0.2) is 79.3 Å². The normalized spacial score (nSPS) is 11.0. The van der Waals surface area contributed by atoms with Crippen LogP contribution in [0.5, 0.6) is 11.5 Å². The highest BCUT2D eigenvalue weighted by Crippen LogP contribution is 2.32. The zero-order valence-corrected chi connectivity index (χ0v) is 20.4. The number of carbonyl (C=O) groups is 1. The van der Waals surface area contributed by atoms with E-state index in [2.05, 4.69) is 15.4 Å². The maximum atomic E-state index is 13.0. The van der Waals surface area contributed by atoms with Gasteiger partial charge in [0.2, 0.25) is 0 Å². The van der Waals surface area contributed by atoms with E-state index in [0.29, 0.717) is 30.0 Å². The average molecular weight is 482 g/mol. The number of fused-ring (bicyclic) bond motifs is 1. The number of ether oxygens (including phenoxy) is 2. The largest absolute Gasteiger partial charge is 0.493 e. The van der Waals surface area contributed by atoms with Gasteiger partial charge in [0.25, 0.3) is 5.91 Å². The lowest BCUT2D eigenvalue weighted by molar-refractivity contribution is 0.0950. The first-order valence-electron chi connectivity index (χ1n) is 11.6. The van der Waals surface area contributed by atoms with Gasteiger partial charge in [-0.1, -0.05) is 42.5 Å². The van der Waals surface area contributed by atoms with Crippen molar-refractivity contribution in [2.45, 2.75) is 13.0 Å². The Hall–Kier alpha value is -4.59. The molecule has 0 radical (unpaired) electrons. The molecule has 8 heteroatoms. The number of hydrogen-bond donors (Lipinski definition) is 1. The summed E-state index contributed by atoms with van der Waals surface area (Å²) < 4.78 is 14.6. The van der Waals surface area contributed by atoms with E-state index in [1.54, 1.807) is 31.4 Å². The molecule has 2 aromatic heterocycles. The summed E-state index contributed by atoms with van der Waals surface area (Å²) in [6.07, 6.45) is 4.05. The summed E-state index contributed by atoms with van der Waals surface area (Å²) in [6.45, 7) is 0.411. The third-order valence-electron chi connectivity index (χ3n) is 6.24. The molecule has 3 aromatic carbocycles. The van der Waals surface area contributed by atoms with Crippen molar-refractivity contribution in [1.29, 1.82) is 0 Å². The minimum absolute atomic E-state index is 0.139. The van der Waals surface area contributed by atoms with E-state index in [0.717, 1.165) is 33.5 Å². The van der Waals surface area contributed by atoms with E-state index in [9.17, 15) is 4.79 Å². The third kappa shape index (κ3) is 4.53. The van der Waals surface area contributed by atoms with Crippen LogP contribution in [0, 0.1) is 0 Å². The van der Waals surface area contributed by atoms with Crippen molar-refractivity contribution < 1.29 is 14.3 Å². The molecule has 1 amide bonds. The molecule has 182 valence electrons. The van der Waals surface area contributed by atoms with E-state index in [-0.39, 0.29) is 5.91 Å². The Kier molecular flexibility index (Phi) is 6.40. The van der Waals surface area contributed by atoms with E-state index in [1.165, 1.54) is 0 Å². The van der Waals surface area contributed by atoms with Crippen LogP contribution in [-0.2, 0) is 20.0 Å². The summed E-state index contributed by atoms with van der Waals surface area (Å²) >= 11 is 0. The number of nitrogens with one attached hydrogen (secondary N) is 1. The molecule has 0 aliphatic rings. The van der Waals surface area contributed by atoms with Crippen LogP contribution in [0.1, 0.15) is 27.2 Å². The maximum absolute atomic E-state index is 13.0. The molecule has 0 atom stereocenters. The molecular formula is C28H27N5O3. The lowest BCUT2D eigenvalue weighted by Crippen LogP contribution is -2.24. The predicted molar refractivity (Wildman–Crippen MR) is 138 cm³/mol. The molecule has 5 rings (SSSR count). The van der Waals surface area contributed by atoms with Crippen molar-refractivity contribution in [1.82, 2.24) is 24.6 Å². The van der Waals surface area contributed by atoms with Gasteiger partial charge in [0, 0.05) is 37.8 Å². The monoisotopic (exact) mass is 481 g/mol. The molecule has 0 aliphatic carbocycles. The van der Waals surface area contributed by atoms with Gasteiger partial charge in [-0.05, 0) is 23.3 Å². The van der Waals surface area contributed by atoms with Crippen LogP contribution in [0.3, 0.4) is 0 Å². The highest BCUT2D eigenvalue weighted by molar-refractivity contribution is 5.95. The van der Waals surface area contributed by atoms with Gasteiger partial charge in [0.15, 0.2) is 11.5 Å². The average Bonchev–Trinajstić information content (AvgIpc) is 3.50. The minimum atomic E-state index is -0.139. The van der Waals surface area contributed by atoms with Gasteiger partial charge in [0.05, 0.1) is 42.7 Å². The number of rotatable bonds is 8. The second-order valence-corrected chi connectivity index (χ2v) is 8.45. The second-order valence-electron chi connectivity index (χ2n) is 8.45.